The summed E-state index contributed by atoms with van der Waals surface area (Å²) in [6.07, 6.45) is 3.57. The van der Waals surface area contributed by atoms with Gasteiger partial charge in [-0.05, 0) is 54.4 Å². The number of hydrogen-bond donors (Lipinski definition) is 2. The van der Waals surface area contributed by atoms with Crippen LogP contribution in [0.1, 0.15) is 27.7 Å². The quantitative estimate of drug-likeness (QED) is 0.340. The van der Waals surface area contributed by atoms with Crippen molar-refractivity contribution in [1.29, 1.82) is 0 Å². The lowest BCUT2D eigenvalue weighted by Crippen LogP contribution is -2.43. The zero-order chi connectivity index (χ0) is 25.4. The van der Waals surface area contributed by atoms with Gasteiger partial charge in [-0.1, -0.05) is 35.3 Å². The third-order valence-electron chi connectivity index (χ3n) is 6.19. The van der Waals surface area contributed by atoms with Crippen LogP contribution >= 0.6 is 23.2 Å². The van der Waals surface area contributed by atoms with E-state index in [-0.39, 0.29) is 17.5 Å². The monoisotopic (exact) mass is 525 g/mol. The van der Waals surface area contributed by atoms with E-state index in [9.17, 15) is 14.3 Å². The average Bonchev–Trinajstić information content (AvgIpc) is 3.30. The number of benzene rings is 2. The number of rotatable bonds is 6. The SMILES string of the molecule is Cc1cnc(Nc2ccc(F)cc2Cl)nc1-c1cc2n(c1)CCN([C@@H](CO)c1ccc(Cl)cc1)C2=O. The van der Waals surface area contributed by atoms with Crippen LogP contribution in [0.2, 0.25) is 10.0 Å². The first-order valence-electron chi connectivity index (χ1n) is 11.3. The summed E-state index contributed by atoms with van der Waals surface area (Å²) in [7, 11) is 0. The summed E-state index contributed by atoms with van der Waals surface area (Å²) in [5, 5.41) is 13.9. The molecular weight excluding hydrogens is 504 g/mol. The molecule has 2 aromatic heterocycles. The van der Waals surface area contributed by atoms with Gasteiger partial charge in [0, 0.05) is 36.1 Å². The number of aromatic nitrogens is 3. The number of aliphatic hydroxyl groups excluding tert-OH is 1. The summed E-state index contributed by atoms with van der Waals surface area (Å²) in [5.41, 5.74) is 4.05. The Morgan fingerprint density at radius 3 is 2.64 bits per heavy atom. The minimum Gasteiger partial charge on any atom is -0.394 e. The van der Waals surface area contributed by atoms with Gasteiger partial charge < -0.3 is 19.9 Å². The van der Waals surface area contributed by atoms with Crippen molar-refractivity contribution < 1.29 is 14.3 Å². The first-order chi connectivity index (χ1) is 17.3. The van der Waals surface area contributed by atoms with Gasteiger partial charge in [0.25, 0.3) is 5.91 Å². The van der Waals surface area contributed by atoms with Crippen LogP contribution in [0.5, 0.6) is 0 Å². The summed E-state index contributed by atoms with van der Waals surface area (Å²) in [6, 6.07) is 12.5. The summed E-state index contributed by atoms with van der Waals surface area (Å²) in [4.78, 5) is 24.1. The van der Waals surface area contributed by atoms with E-state index in [0.29, 0.717) is 41.1 Å². The molecule has 0 radical (unpaired) electrons. The predicted octanol–water partition coefficient (Wildman–Crippen LogP) is 5.63. The Hall–Kier alpha value is -3.46. The fourth-order valence-corrected chi connectivity index (χ4v) is 4.68. The van der Waals surface area contributed by atoms with Gasteiger partial charge in [0.2, 0.25) is 5.95 Å². The highest BCUT2D eigenvalue weighted by Crippen LogP contribution is 2.31. The number of hydrogen-bond acceptors (Lipinski definition) is 5. The molecule has 10 heteroatoms. The van der Waals surface area contributed by atoms with Crippen LogP contribution in [0.4, 0.5) is 16.0 Å². The van der Waals surface area contributed by atoms with E-state index in [1.165, 1.54) is 18.2 Å². The Balaban J connectivity index is 1.43. The summed E-state index contributed by atoms with van der Waals surface area (Å²) >= 11 is 12.1. The van der Waals surface area contributed by atoms with E-state index in [1.807, 2.05) is 29.8 Å². The first kappa shape index (κ1) is 24.2. The Morgan fingerprint density at radius 2 is 1.92 bits per heavy atom. The molecule has 2 aromatic carbocycles. The smallest absolute Gasteiger partial charge is 0.271 e. The molecule has 3 heterocycles. The van der Waals surface area contributed by atoms with E-state index in [2.05, 4.69) is 15.3 Å². The van der Waals surface area contributed by atoms with Crippen LogP contribution in [0, 0.1) is 12.7 Å². The van der Waals surface area contributed by atoms with Crippen LogP contribution in [0.15, 0.2) is 60.9 Å². The Morgan fingerprint density at radius 1 is 1.14 bits per heavy atom. The van der Waals surface area contributed by atoms with Crippen LogP contribution in [-0.2, 0) is 6.54 Å². The molecule has 0 saturated carbocycles. The number of nitrogens with zero attached hydrogens (tertiary/aromatic N) is 4. The van der Waals surface area contributed by atoms with Gasteiger partial charge in [0.15, 0.2) is 0 Å². The molecule has 7 nitrogen and oxygen atoms in total. The number of anilines is 2. The second-order valence-electron chi connectivity index (χ2n) is 8.53. The van der Waals surface area contributed by atoms with Gasteiger partial charge >= 0.3 is 0 Å². The lowest BCUT2D eigenvalue weighted by atomic mass is 10.0. The molecule has 1 aliphatic heterocycles. The number of amides is 1. The molecule has 1 amide bonds. The van der Waals surface area contributed by atoms with Gasteiger partial charge in [-0.25, -0.2) is 14.4 Å². The maximum absolute atomic E-state index is 13.4. The lowest BCUT2D eigenvalue weighted by Gasteiger charge is -2.34. The number of fused-ring (bicyclic) bond motifs is 1. The summed E-state index contributed by atoms with van der Waals surface area (Å²) < 4.78 is 15.3. The van der Waals surface area contributed by atoms with Crippen molar-refractivity contribution in [1.82, 2.24) is 19.4 Å². The van der Waals surface area contributed by atoms with Crippen LogP contribution in [-0.4, -0.2) is 43.6 Å². The normalized spacial score (nSPS) is 14.0. The number of aliphatic hydroxyl groups is 1. The minimum atomic E-state index is -0.473. The highest BCUT2D eigenvalue weighted by molar-refractivity contribution is 6.33. The molecule has 0 fully saturated rings. The molecule has 2 N–H and O–H groups in total. The molecule has 0 spiro atoms. The average molecular weight is 526 g/mol. The zero-order valence-corrected chi connectivity index (χ0v) is 20.8. The van der Waals surface area contributed by atoms with Crippen molar-refractivity contribution in [3.8, 4) is 11.3 Å². The molecule has 5 rings (SSSR count). The summed E-state index contributed by atoms with van der Waals surface area (Å²) in [5.74, 6) is -0.317. The fraction of sp³-hybridized carbons (Fsp3) is 0.192. The van der Waals surface area contributed by atoms with Gasteiger partial charge in [0.05, 0.1) is 29.1 Å². The molecule has 184 valence electrons. The topological polar surface area (TPSA) is 83.3 Å². The maximum atomic E-state index is 13.4. The molecule has 0 unspecified atom stereocenters. The summed E-state index contributed by atoms with van der Waals surface area (Å²) in [6.45, 7) is 2.71. The minimum absolute atomic E-state index is 0.176. The van der Waals surface area contributed by atoms with E-state index in [4.69, 9.17) is 23.2 Å². The van der Waals surface area contributed by atoms with Crippen molar-refractivity contribution in [3.63, 3.8) is 0 Å². The second-order valence-corrected chi connectivity index (χ2v) is 9.37. The molecular formula is C26H22Cl2FN5O2. The lowest BCUT2D eigenvalue weighted by molar-refractivity contribution is 0.0526. The number of aryl methyl sites for hydroxylation is 1. The van der Waals surface area contributed by atoms with Gasteiger partial charge in [-0.2, -0.15) is 0 Å². The van der Waals surface area contributed by atoms with Crippen molar-refractivity contribution in [2.24, 2.45) is 0 Å². The number of carbonyl (C=O) groups excluding carboxylic acids is 1. The van der Waals surface area contributed by atoms with E-state index in [1.54, 1.807) is 29.3 Å². The highest BCUT2D eigenvalue weighted by Gasteiger charge is 2.31. The van der Waals surface area contributed by atoms with Crippen LogP contribution in [0.25, 0.3) is 11.3 Å². The van der Waals surface area contributed by atoms with Crippen molar-refractivity contribution in [2.75, 3.05) is 18.5 Å². The van der Waals surface area contributed by atoms with Crippen LogP contribution < -0.4 is 5.32 Å². The molecule has 0 bridgehead atoms. The highest BCUT2D eigenvalue weighted by atomic mass is 35.5. The van der Waals surface area contributed by atoms with Crippen molar-refractivity contribution >= 4 is 40.7 Å². The Labute approximate surface area is 217 Å². The molecule has 1 atom stereocenters. The largest absolute Gasteiger partial charge is 0.394 e. The molecule has 0 aliphatic carbocycles. The number of halogens is 3. The van der Waals surface area contributed by atoms with Crippen LogP contribution in [0.3, 0.4) is 0 Å². The van der Waals surface area contributed by atoms with E-state index >= 15 is 0 Å². The van der Waals surface area contributed by atoms with Crippen molar-refractivity contribution in [3.05, 3.63) is 93.6 Å². The number of nitrogens with one attached hydrogen (secondary N) is 1. The third kappa shape index (κ3) is 4.67. The molecule has 1 aliphatic rings. The maximum Gasteiger partial charge on any atom is 0.271 e. The van der Waals surface area contributed by atoms with Crippen molar-refractivity contribution in [2.45, 2.75) is 19.5 Å². The second kappa shape index (κ2) is 9.89. The zero-order valence-electron chi connectivity index (χ0n) is 19.3. The standard InChI is InChI=1S/C26H22Cl2FN5O2/c1-15-12-30-26(31-21-7-6-19(29)11-20(21)28)32-24(15)17-10-22-25(36)34(9-8-33(22)13-17)23(14-35)16-2-4-18(27)5-3-16/h2-7,10-13,23,35H,8-9,14H2,1H3,(H,30,31,32)/t23-/m0/s1. The number of carbonyl (C=O) groups is 1. The molecule has 36 heavy (non-hydrogen) atoms. The molecule has 0 saturated heterocycles. The van der Waals surface area contributed by atoms with E-state index < -0.39 is 11.9 Å². The van der Waals surface area contributed by atoms with Gasteiger partial charge in [-0.3, -0.25) is 4.79 Å². The Bertz CT molecular complexity index is 1440. The van der Waals surface area contributed by atoms with Gasteiger partial charge in [0.1, 0.15) is 11.5 Å². The predicted molar refractivity (Wildman–Crippen MR) is 137 cm³/mol. The van der Waals surface area contributed by atoms with E-state index in [0.717, 1.165) is 16.7 Å². The Kier molecular flexibility index (Phi) is 6.66. The third-order valence-corrected chi connectivity index (χ3v) is 6.75. The molecule has 4 aromatic rings. The fourth-order valence-electron chi connectivity index (χ4n) is 4.34. The van der Waals surface area contributed by atoms with Gasteiger partial charge in [-0.15, -0.1) is 0 Å². The first-order valence-corrected chi connectivity index (χ1v) is 12.0.